The zero-order valence-corrected chi connectivity index (χ0v) is 27.0. The average Bonchev–Trinajstić information content (AvgIpc) is 3.79. The van der Waals surface area contributed by atoms with Gasteiger partial charge in [-0.3, -0.25) is 0 Å². The van der Waals surface area contributed by atoms with Gasteiger partial charge in [-0.1, -0.05) is 84.9 Å². The number of benzene rings is 5. The number of nitriles is 4. The predicted octanol–water partition coefficient (Wildman–Crippen LogP) is 9.07. The maximum atomic E-state index is 14.4. The van der Waals surface area contributed by atoms with Crippen LogP contribution in [0.4, 0.5) is 26.3 Å². The van der Waals surface area contributed by atoms with Crippen LogP contribution >= 0.6 is 0 Å². The van der Waals surface area contributed by atoms with Crippen molar-refractivity contribution in [1.82, 2.24) is 9.97 Å². The van der Waals surface area contributed by atoms with Crippen LogP contribution in [0.2, 0.25) is 0 Å². The highest BCUT2D eigenvalue weighted by atomic mass is 19.4. The van der Waals surface area contributed by atoms with E-state index in [1.807, 2.05) is 0 Å². The summed E-state index contributed by atoms with van der Waals surface area (Å²) in [5, 5.41) is 39.0. The zero-order chi connectivity index (χ0) is 38.4. The van der Waals surface area contributed by atoms with E-state index >= 15 is 0 Å². The van der Waals surface area contributed by atoms with Gasteiger partial charge in [0, 0.05) is 0 Å². The summed E-state index contributed by atoms with van der Waals surface area (Å²) in [7, 11) is 0. The summed E-state index contributed by atoms with van der Waals surface area (Å²) in [6.45, 7) is 0. The summed E-state index contributed by atoms with van der Waals surface area (Å²) in [6, 6.07) is 28.1. The number of alkyl halides is 6. The van der Waals surface area contributed by atoms with E-state index in [-0.39, 0.29) is 66.7 Å². The molecule has 0 bridgehead atoms. The molecule has 0 aliphatic carbocycles. The molecule has 0 radical (unpaired) electrons. The third kappa shape index (κ3) is 5.75. The van der Waals surface area contributed by atoms with Crippen LogP contribution in [0.25, 0.3) is 77.9 Å². The van der Waals surface area contributed by atoms with Crippen molar-refractivity contribution < 1.29 is 35.2 Å². The Kier molecular flexibility index (Phi) is 8.45. The fourth-order valence-corrected chi connectivity index (χ4v) is 6.29. The molecule has 54 heavy (non-hydrogen) atoms. The summed E-state index contributed by atoms with van der Waals surface area (Å²) in [4.78, 5) is 8.90. The molecule has 0 saturated heterocycles. The lowest BCUT2D eigenvalue weighted by molar-refractivity contribution is -0.137. The van der Waals surface area contributed by atoms with E-state index in [0.717, 1.165) is 12.1 Å². The van der Waals surface area contributed by atoms with Crippen LogP contribution in [-0.2, 0) is 12.4 Å². The first kappa shape index (κ1) is 34.8. The number of hydrogen-bond acceptors (Lipinski definition) is 8. The quantitative estimate of drug-likeness (QED) is 0.163. The Hall–Kier alpha value is -7.68. The van der Waals surface area contributed by atoms with Crippen LogP contribution in [0.15, 0.2) is 106 Å². The van der Waals surface area contributed by atoms with Crippen molar-refractivity contribution in [2.75, 3.05) is 0 Å². The van der Waals surface area contributed by atoms with E-state index in [0.29, 0.717) is 0 Å². The molecule has 0 amide bonds. The largest absolute Gasteiger partial charge is 0.434 e. The fourth-order valence-electron chi connectivity index (χ4n) is 6.29. The van der Waals surface area contributed by atoms with E-state index < -0.39 is 45.7 Å². The standard InChI is InChI=1S/C40H16F6N6O2/c41-39(42,43)29-15-7-5-11-25(29)23-9-1-3-13-27(23)31-33-36(54-37(51-33)21(17-47)18-48)32(34-35(31)53-38(52-34)22(19-49)20-50)28-14-4-2-10-24(28)26-12-6-8-16-30(26)40(44,45)46/h1-16H. The fraction of sp³-hybridized carbons (Fsp3) is 0.0500. The summed E-state index contributed by atoms with van der Waals surface area (Å²) in [6.07, 6.45) is -9.58. The minimum absolute atomic E-state index is 0.0253. The molecule has 2 heterocycles. The first-order valence-electron chi connectivity index (χ1n) is 15.5. The normalized spacial score (nSPS) is 11.4. The third-order valence-electron chi connectivity index (χ3n) is 8.50. The van der Waals surface area contributed by atoms with E-state index in [9.17, 15) is 47.4 Å². The van der Waals surface area contributed by atoms with Crippen molar-refractivity contribution in [1.29, 1.82) is 21.0 Å². The number of hydrogen-bond donors (Lipinski definition) is 0. The lowest BCUT2D eigenvalue weighted by atomic mass is 9.87. The molecule has 8 nitrogen and oxygen atoms in total. The Morgan fingerprint density at radius 3 is 1.06 bits per heavy atom. The summed E-state index contributed by atoms with van der Waals surface area (Å²) in [5.41, 5.74) is -5.41. The lowest BCUT2D eigenvalue weighted by Gasteiger charge is -2.18. The monoisotopic (exact) mass is 726 g/mol. The first-order valence-corrected chi connectivity index (χ1v) is 15.5. The molecular weight excluding hydrogens is 710 g/mol. The van der Waals surface area contributed by atoms with Gasteiger partial charge in [-0.05, 0) is 45.5 Å². The van der Waals surface area contributed by atoms with Gasteiger partial charge in [0.2, 0.25) is 11.1 Å². The molecular formula is C40H16F6N6O2. The highest BCUT2D eigenvalue weighted by Crippen LogP contribution is 2.49. The molecule has 0 saturated carbocycles. The van der Waals surface area contributed by atoms with Gasteiger partial charge in [-0.25, -0.2) is 9.97 Å². The lowest BCUT2D eigenvalue weighted by Crippen LogP contribution is -2.07. The second-order valence-electron chi connectivity index (χ2n) is 11.5. The molecule has 0 spiro atoms. The van der Waals surface area contributed by atoms with Crippen LogP contribution < -0.4 is 11.1 Å². The highest BCUT2D eigenvalue weighted by Gasteiger charge is 2.36. The van der Waals surface area contributed by atoms with Gasteiger partial charge >= 0.3 is 12.4 Å². The van der Waals surface area contributed by atoms with Crippen molar-refractivity contribution in [2.24, 2.45) is 0 Å². The Balaban J connectivity index is 1.74. The number of aromatic nitrogens is 2. The van der Waals surface area contributed by atoms with Crippen LogP contribution in [0, 0.1) is 45.3 Å². The van der Waals surface area contributed by atoms with Gasteiger partial charge in [0.15, 0.2) is 22.3 Å². The van der Waals surface area contributed by atoms with Crippen LogP contribution in [0.3, 0.4) is 0 Å². The molecule has 0 atom stereocenters. The second kappa shape index (κ2) is 13.1. The molecule has 0 unspecified atom stereocenters. The molecule has 0 aliphatic rings. The van der Waals surface area contributed by atoms with E-state index in [1.54, 1.807) is 24.3 Å². The van der Waals surface area contributed by atoms with Crippen molar-refractivity contribution in [3.63, 3.8) is 0 Å². The van der Waals surface area contributed by atoms with Crippen LogP contribution in [0.5, 0.6) is 0 Å². The van der Waals surface area contributed by atoms with E-state index in [1.165, 1.54) is 84.9 Å². The van der Waals surface area contributed by atoms with Gasteiger partial charge in [-0.2, -0.15) is 47.4 Å². The highest BCUT2D eigenvalue weighted by molar-refractivity contribution is 6.18. The van der Waals surface area contributed by atoms with Gasteiger partial charge in [0.25, 0.3) is 0 Å². The topological polar surface area (TPSA) is 147 Å². The number of halogens is 6. The minimum atomic E-state index is -4.79. The molecule has 5 aromatic carbocycles. The summed E-state index contributed by atoms with van der Waals surface area (Å²) >= 11 is 0. The molecule has 0 aliphatic heterocycles. The molecule has 2 aromatic heterocycles. The van der Waals surface area contributed by atoms with Crippen LogP contribution in [-0.4, -0.2) is 9.97 Å². The predicted molar refractivity (Wildman–Crippen MR) is 182 cm³/mol. The second-order valence-corrected chi connectivity index (χ2v) is 11.5. The molecule has 260 valence electrons. The van der Waals surface area contributed by atoms with Crippen molar-refractivity contribution in [2.45, 2.75) is 12.4 Å². The number of oxazole rings is 2. The Labute approximate surface area is 299 Å². The van der Waals surface area contributed by atoms with E-state index in [2.05, 4.69) is 9.97 Å². The van der Waals surface area contributed by atoms with E-state index in [4.69, 9.17) is 8.83 Å². The molecule has 7 rings (SSSR count). The molecule has 7 aromatic rings. The van der Waals surface area contributed by atoms with Crippen LogP contribution in [0.1, 0.15) is 11.1 Å². The number of rotatable bonds is 4. The maximum absolute atomic E-state index is 14.4. The summed E-state index contributed by atoms with van der Waals surface area (Å²) in [5.74, 6) is 0. The summed E-state index contributed by atoms with van der Waals surface area (Å²) < 4.78 is 98.5. The Bertz CT molecular complexity index is 2690. The Morgan fingerprint density at radius 1 is 0.444 bits per heavy atom. The van der Waals surface area contributed by atoms with Gasteiger partial charge in [-0.15, -0.1) is 0 Å². The number of fused-ring (bicyclic) bond motifs is 2. The zero-order valence-electron chi connectivity index (χ0n) is 27.0. The van der Waals surface area contributed by atoms with Crippen molar-refractivity contribution in [3.05, 3.63) is 119 Å². The molecule has 0 fully saturated rings. The van der Waals surface area contributed by atoms with Crippen molar-refractivity contribution in [3.8, 4) is 68.8 Å². The smallest absolute Gasteiger partial charge is 0.417 e. The first-order chi connectivity index (χ1) is 25.9. The van der Waals surface area contributed by atoms with Gasteiger partial charge < -0.3 is 8.83 Å². The minimum Gasteiger partial charge on any atom is -0.434 e. The van der Waals surface area contributed by atoms with Crippen molar-refractivity contribution >= 4 is 33.3 Å². The third-order valence-corrected chi connectivity index (χ3v) is 8.50. The Morgan fingerprint density at radius 2 is 0.741 bits per heavy atom. The van der Waals surface area contributed by atoms with Gasteiger partial charge in [0.1, 0.15) is 35.3 Å². The molecule has 14 heteroatoms. The molecule has 0 N–H and O–H groups in total. The number of nitrogens with zero attached hydrogens (tertiary/aromatic N) is 6. The SMILES string of the molecule is N#CC(C#N)=c1nc2c(-c3ccccc3-c3ccccc3C(F)(F)F)c3oc(=C(C#N)C#N)nc3c(-c3ccccc3-c3ccccc3C(F)(F)F)c2o1. The average molecular weight is 727 g/mol. The van der Waals surface area contributed by atoms with Gasteiger partial charge in [0.05, 0.1) is 22.3 Å². The maximum Gasteiger partial charge on any atom is 0.417 e.